The fourth-order valence-corrected chi connectivity index (χ4v) is 3.01. The summed E-state index contributed by atoms with van der Waals surface area (Å²) in [7, 11) is 3.75. The van der Waals surface area contributed by atoms with Gasteiger partial charge in [-0.1, -0.05) is 27.7 Å². The van der Waals surface area contributed by atoms with Crippen molar-refractivity contribution < 1.29 is 9.47 Å². The Kier molecular flexibility index (Phi) is 4.83. The van der Waals surface area contributed by atoms with Crippen molar-refractivity contribution in [3.63, 3.8) is 0 Å². The van der Waals surface area contributed by atoms with Crippen molar-refractivity contribution in [2.75, 3.05) is 13.7 Å². The topological polar surface area (TPSA) is 39.5 Å². The molecule has 114 valence electrons. The minimum absolute atomic E-state index is 0.190. The van der Waals surface area contributed by atoms with Gasteiger partial charge in [0.25, 0.3) is 0 Å². The van der Waals surface area contributed by atoms with Crippen molar-refractivity contribution in [2.24, 2.45) is 18.9 Å². The summed E-state index contributed by atoms with van der Waals surface area (Å²) in [6.45, 7) is 9.62. The third-order valence-electron chi connectivity index (χ3n) is 4.08. The van der Waals surface area contributed by atoms with E-state index in [2.05, 4.69) is 42.1 Å². The molecular weight excluding hydrogens is 254 g/mol. The molecule has 5 heteroatoms. The third kappa shape index (κ3) is 2.75. The van der Waals surface area contributed by atoms with Crippen molar-refractivity contribution in [2.45, 2.75) is 46.2 Å². The van der Waals surface area contributed by atoms with Gasteiger partial charge in [-0.05, 0) is 11.8 Å². The number of aromatic nitrogens is 2. The van der Waals surface area contributed by atoms with Crippen molar-refractivity contribution in [3.8, 4) is 0 Å². The van der Waals surface area contributed by atoms with Crippen LogP contribution in [0.25, 0.3) is 0 Å². The Balaban J connectivity index is 2.38. The molecule has 1 aromatic rings. The van der Waals surface area contributed by atoms with Crippen LogP contribution in [0.3, 0.4) is 0 Å². The van der Waals surface area contributed by atoms with Gasteiger partial charge >= 0.3 is 0 Å². The van der Waals surface area contributed by atoms with Gasteiger partial charge in [-0.15, -0.1) is 0 Å². The van der Waals surface area contributed by atoms with Crippen LogP contribution < -0.4 is 0 Å². The Labute approximate surface area is 121 Å². The lowest BCUT2D eigenvalue weighted by atomic mass is 9.96. The molecule has 0 radical (unpaired) electrons. The van der Waals surface area contributed by atoms with E-state index in [-0.39, 0.29) is 12.5 Å². The van der Waals surface area contributed by atoms with Gasteiger partial charge in [-0.2, -0.15) is 0 Å². The highest BCUT2D eigenvalue weighted by Crippen LogP contribution is 2.36. The predicted molar refractivity (Wildman–Crippen MR) is 78.0 cm³/mol. The zero-order chi connectivity index (χ0) is 14.9. The van der Waals surface area contributed by atoms with Crippen LogP contribution in [0, 0.1) is 11.8 Å². The Bertz CT molecular complexity index is 431. The van der Waals surface area contributed by atoms with Gasteiger partial charge in [0.1, 0.15) is 5.82 Å². The number of ether oxygens (including phenoxy) is 2. The van der Waals surface area contributed by atoms with E-state index >= 15 is 0 Å². The molecule has 1 fully saturated rings. The summed E-state index contributed by atoms with van der Waals surface area (Å²) in [4.78, 5) is 6.90. The van der Waals surface area contributed by atoms with Crippen LogP contribution in [0.5, 0.6) is 0 Å². The third-order valence-corrected chi connectivity index (χ3v) is 4.08. The van der Waals surface area contributed by atoms with E-state index < -0.39 is 0 Å². The summed E-state index contributed by atoms with van der Waals surface area (Å²) in [6, 6.07) is 0.541. The summed E-state index contributed by atoms with van der Waals surface area (Å²) in [5, 5.41) is 0. The number of nitrogens with zero attached hydrogens (tertiary/aromatic N) is 3. The molecule has 2 heterocycles. The maximum Gasteiger partial charge on any atom is 0.219 e. The van der Waals surface area contributed by atoms with E-state index in [0.29, 0.717) is 24.5 Å². The van der Waals surface area contributed by atoms with E-state index in [0.717, 1.165) is 5.82 Å². The molecule has 0 amide bonds. The Morgan fingerprint density at radius 2 is 2.05 bits per heavy atom. The lowest BCUT2D eigenvalue weighted by Crippen LogP contribution is -2.45. The van der Waals surface area contributed by atoms with Crippen molar-refractivity contribution >= 4 is 0 Å². The second-order valence-corrected chi connectivity index (χ2v) is 6.22. The molecule has 0 aliphatic carbocycles. The minimum atomic E-state index is -0.286. The average Bonchev–Trinajstić information content (AvgIpc) is 2.97. The van der Waals surface area contributed by atoms with Crippen molar-refractivity contribution in [1.82, 2.24) is 14.5 Å². The summed E-state index contributed by atoms with van der Waals surface area (Å²) < 4.78 is 13.5. The van der Waals surface area contributed by atoms with E-state index in [1.165, 1.54) is 0 Å². The zero-order valence-corrected chi connectivity index (χ0v) is 13.4. The van der Waals surface area contributed by atoms with Crippen molar-refractivity contribution in [3.05, 3.63) is 18.2 Å². The molecule has 1 aliphatic rings. The van der Waals surface area contributed by atoms with Gasteiger partial charge in [0, 0.05) is 32.6 Å². The van der Waals surface area contributed by atoms with E-state index in [1.807, 2.05) is 19.4 Å². The number of hydrogen-bond acceptors (Lipinski definition) is 4. The number of methoxy groups -OCH3 is 1. The van der Waals surface area contributed by atoms with Crippen LogP contribution in [-0.4, -0.2) is 40.6 Å². The smallest absolute Gasteiger partial charge is 0.219 e. The number of hydrogen-bond donors (Lipinski definition) is 0. The Morgan fingerprint density at radius 1 is 1.35 bits per heavy atom. The summed E-state index contributed by atoms with van der Waals surface area (Å²) in [6.07, 6.45) is 3.56. The Hall–Kier alpha value is -0.910. The van der Waals surface area contributed by atoms with Gasteiger partial charge in [0.05, 0.1) is 12.6 Å². The van der Waals surface area contributed by atoms with Crippen LogP contribution in [-0.2, 0) is 16.5 Å². The highest BCUT2D eigenvalue weighted by molar-refractivity contribution is 5.03. The van der Waals surface area contributed by atoms with Crippen molar-refractivity contribution in [1.29, 1.82) is 0 Å². The van der Waals surface area contributed by atoms with E-state index in [9.17, 15) is 0 Å². The molecule has 0 saturated carbocycles. The zero-order valence-electron chi connectivity index (χ0n) is 13.4. The molecule has 0 unspecified atom stereocenters. The minimum Gasteiger partial charge on any atom is -0.343 e. The summed E-state index contributed by atoms with van der Waals surface area (Å²) in [5.41, 5.74) is 0. The highest BCUT2D eigenvalue weighted by atomic mass is 16.7. The first kappa shape index (κ1) is 15.5. The first-order valence-corrected chi connectivity index (χ1v) is 7.36. The molecule has 20 heavy (non-hydrogen) atoms. The quantitative estimate of drug-likeness (QED) is 0.831. The lowest BCUT2D eigenvalue weighted by Gasteiger charge is -2.38. The largest absolute Gasteiger partial charge is 0.343 e. The molecule has 1 aliphatic heterocycles. The first-order valence-electron chi connectivity index (χ1n) is 7.36. The van der Waals surface area contributed by atoms with Gasteiger partial charge in [0.2, 0.25) is 6.41 Å². The molecule has 0 bridgehead atoms. The first-order chi connectivity index (χ1) is 9.47. The SMILES string of the molecule is CO[C@H]1OC[C@@H](C(C)C)N1[C@H](c1nccn1C)C(C)C. The van der Waals surface area contributed by atoms with Gasteiger partial charge in [-0.3, -0.25) is 0 Å². The van der Waals surface area contributed by atoms with Crippen LogP contribution >= 0.6 is 0 Å². The van der Waals surface area contributed by atoms with Crippen LogP contribution in [0.4, 0.5) is 0 Å². The number of aryl methyl sites for hydroxylation is 1. The molecule has 0 spiro atoms. The fourth-order valence-electron chi connectivity index (χ4n) is 3.01. The van der Waals surface area contributed by atoms with Crippen LogP contribution in [0.2, 0.25) is 0 Å². The molecule has 0 N–H and O–H groups in total. The van der Waals surface area contributed by atoms with E-state index in [4.69, 9.17) is 9.47 Å². The monoisotopic (exact) mass is 281 g/mol. The van der Waals surface area contributed by atoms with Crippen LogP contribution in [0.15, 0.2) is 12.4 Å². The molecule has 3 atom stereocenters. The normalized spacial score (nSPS) is 25.8. The van der Waals surface area contributed by atoms with E-state index in [1.54, 1.807) is 7.11 Å². The van der Waals surface area contributed by atoms with Gasteiger partial charge in [0.15, 0.2) is 0 Å². The highest BCUT2D eigenvalue weighted by Gasteiger charge is 2.43. The molecule has 2 rings (SSSR count). The molecule has 1 aromatic heterocycles. The standard InChI is InChI=1S/C15H27N3O2/c1-10(2)12-9-20-15(19-6)18(12)13(11(3)4)14-16-7-8-17(14)5/h7-8,10-13,15H,9H2,1-6H3/t12-,13-,15-/m0/s1. The van der Waals surface area contributed by atoms with Gasteiger partial charge < -0.3 is 14.0 Å². The van der Waals surface area contributed by atoms with Gasteiger partial charge in [-0.25, -0.2) is 9.88 Å². The maximum absolute atomic E-state index is 5.82. The molecule has 5 nitrogen and oxygen atoms in total. The summed E-state index contributed by atoms with van der Waals surface area (Å²) >= 11 is 0. The lowest BCUT2D eigenvalue weighted by molar-refractivity contribution is -0.178. The Morgan fingerprint density at radius 3 is 2.50 bits per heavy atom. The number of rotatable bonds is 5. The molecular formula is C15H27N3O2. The molecule has 1 saturated heterocycles. The van der Waals surface area contributed by atoms with Crippen LogP contribution in [0.1, 0.15) is 39.6 Å². The number of imidazole rings is 1. The predicted octanol–water partition coefficient (Wildman–Crippen LogP) is 2.40. The molecule has 0 aromatic carbocycles. The summed E-state index contributed by atoms with van der Waals surface area (Å²) in [5.74, 6) is 2.01. The second-order valence-electron chi connectivity index (χ2n) is 6.22. The fraction of sp³-hybridized carbons (Fsp3) is 0.800. The average molecular weight is 281 g/mol. The second kappa shape index (κ2) is 6.24. The maximum atomic E-state index is 5.82.